The van der Waals surface area contributed by atoms with Gasteiger partial charge in [-0.1, -0.05) is 59.8 Å². The van der Waals surface area contributed by atoms with E-state index in [-0.39, 0.29) is 23.5 Å². The first-order chi connectivity index (χ1) is 14.6. The molecule has 2 unspecified atom stereocenters. The van der Waals surface area contributed by atoms with Crippen molar-refractivity contribution in [3.8, 4) is 11.5 Å². The maximum absolute atomic E-state index is 13.3. The van der Waals surface area contributed by atoms with E-state index in [4.69, 9.17) is 9.57 Å². The summed E-state index contributed by atoms with van der Waals surface area (Å²) in [7, 11) is -3.68. The Kier molecular flexibility index (Phi) is 4.77. The van der Waals surface area contributed by atoms with Crippen molar-refractivity contribution in [1.82, 2.24) is 4.31 Å². The van der Waals surface area contributed by atoms with Gasteiger partial charge in [-0.05, 0) is 29.8 Å². The number of benzene rings is 3. The predicted molar refractivity (Wildman–Crippen MR) is 113 cm³/mol. The Hall–Kier alpha value is -3.16. The molecule has 0 aliphatic carbocycles. The summed E-state index contributed by atoms with van der Waals surface area (Å²) in [6, 6.07) is 25.6. The van der Waals surface area contributed by atoms with Crippen LogP contribution in [-0.4, -0.2) is 37.6 Å². The number of ether oxygens (including phenoxy) is 1. The normalized spacial score (nSPS) is 21.0. The van der Waals surface area contributed by atoms with Gasteiger partial charge in [0.25, 0.3) is 0 Å². The second-order valence-electron chi connectivity index (χ2n) is 7.30. The van der Waals surface area contributed by atoms with E-state index in [0.29, 0.717) is 18.0 Å². The van der Waals surface area contributed by atoms with Crippen molar-refractivity contribution in [2.24, 2.45) is 11.1 Å². The molecule has 2 atom stereocenters. The molecule has 0 spiro atoms. The van der Waals surface area contributed by atoms with Gasteiger partial charge < -0.3 is 9.57 Å². The van der Waals surface area contributed by atoms with Crippen LogP contribution in [0, 0.1) is 5.92 Å². The minimum Gasteiger partial charge on any atom is -0.457 e. The van der Waals surface area contributed by atoms with Gasteiger partial charge in [0, 0.05) is 12.6 Å². The largest absolute Gasteiger partial charge is 0.457 e. The summed E-state index contributed by atoms with van der Waals surface area (Å²) in [5, 5.41) is 4.22. The Labute approximate surface area is 175 Å². The number of rotatable bonds is 5. The number of hydrogen-bond donors (Lipinski definition) is 0. The van der Waals surface area contributed by atoms with Gasteiger partial charge in [0.1, 0.15) is 11.5 Å². The molecule has 2 aliphatic rings. The van der Waals surface area contributed by atoms with E-state index in [0.717, 1.165) is 11.3 Å². The number of sulfonamides is 1. The van der Waals surface area contributed by atoms with Gasteiger partial charge in [0.2, 0.25) is 10.0 Å². The highest BCUT2D eigenvalue weighted by atomic mass is 32.2. The lowest BCUT2D eigenvalue weighted by Crippen LogP contribution is -2.30. The molecule has 0 radical (unpaired) electrons. The van der Waals surface area contributed by atoms with Crippen molar-refractivity contribution in [1.29, 1.82) is 0 Å². The Balaban J connectivity index is 1.37. The summed E-state index contributed by atoms with van der Waals surface area (Å²) in [6.45, 7) is 0.612. The fourth-order valence-electron chi connectivity index (χ4n) is 3.84. The Morgan fingerprint density at radius 2 is 1.57 bits per heavy atom. The van der Waals surface area contributed by atoms with Crippen molar-refractivity contribution in [2.45, 2.75) is 11.0 Å². The second-order valence-corrected chi connectivity index (χ2v) is 9.24. The van der Waals surface area contributed by atoms with E-state index < -0.39 is 10.0 Å². The molecule has 30 heavy (non-hydrogen) atoms. The van der Waals surface area contributed by atoms with E-state index in [1.54, 1.807) is 24.3 Å². The average molecular weight is 420 g/mol. The van der Waals surface area contributed by atoms with Crippen LogP contribution in [0.5, 0.6) is 11.5 Å². The maximum Gasteiger partial charge on any atom is 0.243 e. The molecule has 0 bridgehead atoms. The van der Waals surface area contributed by atoms with Crippen LogP contribution in [-0.2, 0) is 14.9 Å². The molecule has 2 heterocycles. The first-order valence-electron chi connectivity index (χ1n) is 9.73. The molecule has 152 valence electrons. The lowest BCUT2D eigenvalue weighted by molar-refractivity contribution is 0.0803. The summed E-state index contributed by atoms with van der Waals surface area (Å²) in [5.74, 6) is 1.05. The van der Waals surface area contributed by atoms with Gasteiger partial charge >= 0.3 is 0 Å². The molecule has 1 saturated heterocycles. The van der Waals surface area contributed by atoms with Gasteiger partial charge in [-0.15, -0.1) is 0 Å². The van der Waals surface area contributed by atoms with E-state index in [9.17, 15) is 8.42 Å². The highest BCUT2D eigenvalue weighted by molar-refractivity contribution is 7.89. The number of fused-ring (bicyclic) bond motifs is 1. The van der Waals surface area contributed by atoms with Crippen molar-refractivity contribution in [2.75, 3.05) is 13.1 Å². The van der Waals surface area contributed by atoms with E-state index >= 15 is 0 Å². The number of oxime groups is 1. The highest BCUT2D eigenvalue weighted by Crippen LogP contribution is 2.34. The van der Waals surface area contributed by atoms with Crippen LogP contribution in [0.1, 0.15) is 5.56 Å². The summed E-state index contributed by atoms with van der Waals surface area (Å²) in [5.41, 5.74) is 1.77. The lowest BCUT2D eigenvalue weighted by Gasteiger charge is -2.17. The lowest BCUT2D eigenvalue weighted by atomic mass is 9.95. The summed E-state index contributed by atoms with van der Waals surface area (Å²) in [4.78, 5) is 5.77. The summed E-state index contributed by atoms with van der Waals surface area (Å²) >= 11 is 0. The first-order valence-corrected chi connectivity index (χ1v) is 11.2. The molecule has 2 aliphatic heterocycles. The first kappa shape index (κ1) is 18.8. The van der Waals surface area contributed by atoms with E-state index in [1.165, 1.54) is 4.31 Å². The highest BCUT2D eigenvalue weighted by Gasteiger charge is 2.46. The van der Waals surface area contributed by atoms with E-state index in [1.807, 2.05) is 60.7 Å². The summed E-state index contributed by atoms with van der Waals surface area (Å²) in [6.07, 6.45) is -0.265. The van der Waals surface area contributed by atoms with Crippen molar-refractivity contribution in [3.63, 3.8) is 0 Å². The molecule has 0 aromatic heterocycles. The fraction of sp³-hybridized carbons (Fsp3) is 0.174. The molecule has 0 saturated carbocycles. The molecular weight excluding hydrogens is 400 g/mol. The second kappa shape index (κ2) is 7.59. The van der Waals surface area contributed by atoms with E-state index in [2.05, 4.69) is 5.16 Å². The zero-order chi connectivity index (χ0) is 20.6. The van der Waals surface area contributed by atoms with Gasteiger partial charge in [0.05, 0.1) is 23.1 Å². The third kappa shape index (κ3) is 3.46. The van der Waals surface area contributed by atoms with Crippen molar-refractivity contribution in [3.05, 3.63) is 90.5 Å². The van der Waals surface area contributed by atoms with Crippen LogP contribution in [0.3, 0.4) is 0 Å². The maximum atomic E-state index is 13.3. The molecule has 1 fully saturated rings. The SMILES string of the molecule is O=S(=O)(c1cccc(Oc2ccccc2)c1)N1CC2ON=C(c3ccccc3)C2C1. The van der Waals surface area contributed by atoms with Crippen molar-refractivity contribution >= 4 is 15.7 Å². The Bertz CT molecular complexity index is 1180. The van der Waals surface area contributed by atoms with Crippen LogP contribution in [0.4, 0.5) is 0 Å². The van der Waals surface area contributed by atoms with Crippen LogP contribution in [0.2, 0.25) is 0 Å². The minimum atomic E-state index is -3.68. The molecule has 0 amide bonds. The third-order valence-corrected chi connectivity index (χ3v) is 7.19. The number of nitrogens with zero attached hydrogens (tertiary/aromatic N) is 2. The molecule has 3 aromatic rings. The number of para-hydroxylation sites is 1. The smallest absolute Gasteiger partial charge is 0.243 e. The predicted octanol–water partition coefficient (Wildman–Crippen LogP) is 3.90. The van der Waals surface area contributed by atoms with Crippen LogP contribution in [0.15, 0.2) is 95.0 Å². The van der Waals surface area contributed by atoms with Crippen LogP contribution in [0.25, 0.3) is 0 Å². The molecule has 5 rings (SSSR count). The quantitative estimate of drug-likeness (QED) is 0.628. The van der Waals surface area contributed by atoms with Crippen LogP contribution >= 0.6 is 0 Å². The molecule has 0 N–H and O–H groups in total. The van der Waals surface area contributed by atoms with Gasteiger partial charge in [-0.2, -0.15) is 4.31 Å². The zero-order valence-corrected chi connectivity index (χ0v) is 16.9. The van der Waals surface area contributed by atoms with Gasteiger partial charge in [-0.3, -0.25) is 0 Å². The van der Waals surface area contributed by atoms with Gasteiger partial charge in [-0.25, -0.2) is 8.42 Å². The average Bonchev–Trinajstić information content (AvgIpc) is 3.37. The molecule has 6 nitrogen and oxygen atoms in total. The summed E-state index contributed by atoms with van der Waals surface area (Å²) < 4.78 is 33.9. The Morgan fingerprint density at radius 3 is 2.33 bits per heavy atom. The zero-order valence-electron chi connectivity index (χ0n) is 16.1. The minimum absolute atomic E-state index is 0.0778. The van der Waals surface area contributed by atoms with Crippen LogP contribution < -0.4 is 4.74 Å². The van der Waals surface area contributed by atoms with Gasteiger partial charge in [0.15, 0.2) is 6.10 Å². The van der Waals surface area contributed by atoms with Crippen molar-refractivity contribution < 1.29 is 18.0 Å². The molecule has 7 heteroatoms. The topological polar surface area (TPSA) is 68.2 Å². The third-order valence-electron chi connectivity index (χ3n) is 5.36. The fourth-order valence-corrected chi connectivity index (χ4v) is 5.36. The number of hydrogen-bond acceptors (Lipinski definition) is 5. The monoisotopic (exact) mass is 420 g/mol. The standard InChI is InChI=1S/C23H20N2O4S/c26-30(27,20-13-7-12-19(14-20)28-18-10-5-2-6-11-18)25-15-21-22(16-25)29-24-23(21)17-8-3-1-4-9-17/h1-14,21-22H,15-16H2. The molecular formula is C23H20N2O4S. The Morgan fingerprint density at radius 1 is 0.867 bits per heavy atom. The molecule has 3 aromatic carbocycles.